The van der Waals surface area contributed by atoms with E-state index in [1.165, 1.54) is 12.1 Å². The molecule has 6 nitrogen and oxygen atoms in total. The summed E-state index contributed by atoms with van der Waals surface area (Å²) in [7, 11) is 0. The maximum atomic E-state index is 12.6. The zero-order chi connectivity index (χ0) is 19.4. The van der Waals surface area contributed by atoms with E-state index >= 15 is 0 Å². The molecule has 0 heterocycles. The van der Waals surface area contributed by atoms with Crippen molar-refractivity contribution in [2.45, 2.75) is 46.5 Å². The van der Waals surface area contributed by atoms with E-state index in [0.29, 0.717) is 25.4 Å². The number of carbonyl (C=O) groups excluding carboxylic acids is 1. The molecule has 146 valence electrons. The number of anilines is 1. The average Bonchev–Trinajstić information content (AvgIpc) is 2.65. The topological polar surface area (TPSA) is 70.1 Å². The molecule has 1 aromatic carbocycles. The lowest BCUT2D eigenvalue weighted by molar-refractivity contribution is 0.0697. The van der Waals surface area contributed by atoms with Crippen LogP contribution >= 0.6 is 0 Å². The van der Waals surface area contributed by atoms with Crippen LogP contribution in [0.25, 0.3) is 0 Å². The van der Waals surface area contributed by atoms with Crippen molar-refractivity contribution in [3.8, 4) is 0 Å². The molecule has 1 N–H and O–H groups in total. The van der Waals surface area contributed by atoms with E-state index in [1.807, 2.05) is 0 Å². The van der Waals surface area contributed by atoms with Gasteiger partial charge >= 0.3 is 12.1 Å². The zero-order valence-electron chi connectivity index (χ0n) is 16.2. The van der Waals surface area contributed by atoms with Gasteiger partial charge in [-0.15, -0.1) is 0 Å². The van der Waals surface area contributed by atoms with Gasteiger partial charge in [0.15, 0.2) is 0 Å². The smallest absolute Gasteiger partial charge is 0.414 e. The summed E-state index contributed by atoms with van der Waals surface area (Å²) >= 11 is 0. The third-order valence-electron chi connectivity index (χ3n) is 4.41. The minimum absolute atomic E-state index is 0.203. The number of nitrogens with zero attached hydrogens (tertiary/aromatic N) is 2. The van der Waals surface area contributed by atoms with Gasteiger partial charge in [-0.2, -0.15) is 0 Å². The van der Waals surface area contributed by atoms with Gasteiger partial charge in [0, 0.05) is 18.8 Å². The van der Waals surface area contributed by atoms with Gasteiger partial charge in [-0.1, -0.05) is 40.0 Å². The summed E-state index contributed by atoms with van der Waals surface area (Å²) in [6, 6.07) is 6.35. The molecule has 0 radical (unpaired) electrons. The molecule has 0 saturated heterocycles. The van der Waals surface area contributed by atoms with Crippen molar-refractivity contribution in [3.05, 3.63) is 29.8 Å². The highest BCUT2D eigenvalue weighted by atomic mass is 16.6. The highest BCUT2D eigenvalue weighted by Crippen LogP contribution is 2.18. The molecule has 0 spiro atoms. The molecule has 1 aromatic rings. The standard InChI is InChI=1S/C20H32N2O4/c1-4-7-8-9-14-22(18-12-10-17(11-13-18)19(23)24)20(25)26-16-15-21(5-2)6-3/h10-13H,4-9,14-16H2,1-3H3,(H,23,24). The van der Waals surface area contributed by atoms with Gasteiger partial charge in [-0.05, 0) is 43.8 Å². The molecular weight excluding hydrogens is 332 g/mol. The quantitative estimate of drug-likeness (QED) is 0.562. The molecule has 6 heteroatoms. The van der Waals surface area contributed by atoms with Crippen molar-refractivity contribution in [2.75, 3.05) is 37.7 Å². The first-order chi connectivity index (χ1) is 12.5. The van der Waals surface area contributed by atoms with Gasteiger partial charge in [-0.3, -0.25) is 4.90 Å². The predicted octanol–water partition coefficient (Wildman–Crippen LogP) is 4.25. The first-order valence-electron chi connectivity index (χ1n) is 9.53. The van der Waals surface area contributed by atoms with Crippen LogP contribution in [0.1, 0.15) is 56.8 Å². The zero-order valence-corrected chi connectivity index (χ0v) is 16.2. The highest BCUT2D eigenvalue weighted by Gasteiger charge is 2.17. The summed E-state index contributed by atoms with van der Waals surface area (Å²) in [5.41, 5.74) is 0.869. The van der Waals surface area contributed by atoms with E-state index < -0.39 is 5.97 Å². The molecule has 0 fully saturated rings. The molecule has 0 saturated carbocycles. The van der Waals surface area contributed by atoms with E-state index in [2.05, 4.69) is 25.7 Å². The van der Waals surface area contributed by atoms with Crippen molar-refractivity contribution in [2.24, 2.45) is 0 Å². The molecule has 0 aromatic heterocycles. The first kappa shape index (κ1) is 22.0. The Labute approximate surface area is 156 Å². The Kier molecular flexibility index (Phi) is 10.4. The van der Waals surface area contributed by atoms with E-state index in [9.17, 15) is 9.59 Å². The Morgan fingerprint density at radius 1 is 0.962 bits per heavy atom. The van der Waals surface area contributed by atoms with Gasteiger partial charge in [0.25, 0.3) is 0 Å². The van der Waals surface area contributed by atoms with E-state index in [-0.39, 0.29) is 11.7 Å². The van der Waals surface area contributed by atoms with Crippen LogP contribution in [0.2, 0.25) is 0 Å². The lowest BCUT2D eigenvalue weighted by Crippen LogP contribution is -2.35. The minimum Gasteiger partial charge on any atom is -0.478 e. The number of hydrogen-bond donors (Lipinski definition) is 1. The molecule has 26 heavy (non-hydrogen) atoms. The number of likely N-dealkylation sites (N-methyl/N-ethyl adjacent to an activating group) is 1. The number of ether oxygens (including phenoxy) is 1. The largest absolute Gasteiger partial charge is 0.478 e. The first-order valence-corrected chi connectivity index (χ1v) is 9.53. The van der Waals surface area contributed by atoms with Crippen molar-refractivity contribution < 1.29 is 19.4 Å². The van der Waals surface area contributed by atoms with Crippen molar-refractivity contribution in [3.63, 3.8) is 0 Å². The van der Waals surface area contributed by atoms with Crippen molar-refractivity contribution in [1.82, 2.24) is 4.90 Å². The molecule has 1 amide bonds. The van der Waals surface area contributed by atoms with E-state index in [4.69, 9.17) is 9.84 Å². The van der Waals surface area contributed by atoms with Gasteiger partial charge in [0.1, 0.15) is 6.61 Å². The normalized spacial score (nSPS) is 10.8. The summed E-state index contributed by atoms with van der Waals surface area (Å²) in [6.07, 6.45) is 3.81. The maximum absolute atomic E-state index is 12.6. The number of amides is 1. The number of carbonyl (C=O) groups is 2. The summed E-state index contributed by atoms with van der Waals surface area (Å²) in [5.74, 6) is -0.979. The number of benzene rings is 1. The molecule has 0 atom stereocenters. The van der Waals surface area contributed by atoms with E-state index in [0.717, 1.165) is 38.8 Å². The molecule has 1 rings (SSSR count). The van der Waals surface area contributed by atoms with Crippen molar-refractivity contribution >= 4 is 17.7 Å². The Hall–Kier alpha value is -2.08. The third-order valence-corrected chi connectivity index (χ3v) is 4.41. The number of carboxylic acids is 1. The Morgan fingerprint density at radius 3 is 2.15 bits per heavy atom. The Balaban J connectivity index is 2.73. The van der Waals surface area contributed by atoms with Crippen molar-refractivity contribution in [1.29, 1.82) is 0 Å². The molecular formula is C20H32N2O4. The van der Waals surface area contributed by atoms with Crippen LogP contribution in [0.15, 0.2) is 24.3 Å². The van der Waals surface area contributed by atoms with Crippen LogP contribution in [0.5, 0.6) is 0 Å². The second-order valence-corrected chi connectivity index (χ2v) is 6.21. The van der Waals surface area contributed by atoms with E-state index in [1.54, 1.807) is 17.0 Å². The lowest BCUT2D eigenvalue weighted by atomic mass is 10.1. The average molecular weight is 364 g/mol. The summed E-state index contributed by atoms with van der Waals surface area (Å²) in [5, 5.41) is 9.03. The molecule has 0 aliphatic carbocycles. The fraction of sp³-hybridized carbons (Fsp3) is 0.600. The van der Waals surface area contributed by atoms with Crippen LogP contribution < -0.4 is 4.90 Å². The molecule has 0 bridgehead atoms. The molecule has 0 aliphatic heterocycles. The monoisotopic (exact) mass is 364 g/mol. The summed E-state index contributed by atoms with van der Waals surface area (Å²) < 4.78 is 5.46. The molecule has 0 aliphatic rings. The van der Waals surface area contributed by atoms with Crippen LogP contribution in [-0.2, 0) is 4.74 Å². The number of unbranched alkanes of at least 4 members (excludes halogenated alkanes) is 3. The second-order valence-electron chi connectivity index (χ2n) is 6.21. The van der Waals surface area contributed by atoms with Crippen LogP contribution in [0, 0.1) is 0 Å². The van der Waals surface area contributed by atoms with Gasteiger partial charge in [0.2, 0.25) is 0 Å². The summed E-state index contributed by atoms with van der Waals surface area (Å²) in [4.78, 5) is 27.4. The van der Waals surface area contributed by atoms with Crippen LogP contribution in [0.3, 0.4) is 0 Å². The fourth-order valence-corrected chi connectivity index (χ4v) is 2.69. The van der Waals surface area contributed by atoms with Gasteiger partial charge < -0.3 is 14.7 Å². The van der Waals surface area contributed by atoms with Gasteiger partial charge in [-0.25, -0.2) is 9.59 Å². The minimum atomic E-state index is -0.979. The predicted molar refractivity (Wildman–Crippen MR) is 104 cm³/mol. The lowest BCUT2D eigenvalue weighted by Gasteiger charge is -2.24. The number of hydrogen-bond acceptors (Lipinski definition) is 4. The van der Waals surface area contributed by atoms with Gasteiger partial charge in [0.05, 0.1) is 5.56 Å². The third kappa shape index (κ3) is 7.44. The summed E-state index contributed by atoms with van der Waals surface area (Å²) in [6.45, 7) is 9.77. The SMILES string of the molecule is CCCCCCN(C(=O)OCCN(CC)CC)c1ccc(C(=O)O)cc1. The number of carboxylic acid groups (broad SMARTS) is 1. The Bertz CT molecular complexity index is 541. The fourth-order valence-electron chi connectivity index (χ4n) is 2.69. The van der Waals surface area contributed by atoms with Crippen LogP contribution in [0.4, 0.5) is 10.5 Å². The molecule has 0 unspecified atom stereocenters. The highest BCUT2D eigenvalue weighted by molar-refractivity contribution is 5.90. The number of rotatable bonds is 12. The maximum Gasteiger partial charge on any atom is 0.414 e. The second kappa shape index (κ2) is 12.3. The van der Waals surface area contributed by atoms with Crippen LogP contribution in [-0.4, -0.2) is 54.9 Å². The Morgan fingerprint density at radius 2 is 1.62 bits per heavy atom. The number of aromatic carboxylic acids is 1.